The summed E-state index contributed by atoms with van der Waals surface area (Å²) in [5, 5.41) is 2.92. The Hall–Kier alpha value is -1.29. The number of aromatic nitrogens is 1. The maximum Gasteiger partial charge on any atom is 0.221 e. The van der Waals surface area contributed by atoms with Crippen molar-refractivity contribution in [2.45, 2.75) is 58.2 Å². The lowest BCUT2D eigenvalue weighted by Gasteiger charge is -2.21. The van der Waals surface area contributed by atoms with Crippen LogP contribution in [0.15, 0.2) is 12.3 Å². The van der Waals surface area contributed by atoms with Crippen LogP contribution in [0.5, 0.6) is 0 Å². The quantitative estimate of drug-likeness (QED) is 0.854. The topological polar surface area (TPSA) is 60.0 Å². The Labute approximate surface area is 109 Å². The molecule has 1 aromatic rings. The van der Waals surface area contributed by atoms with E-state index in [0.29, 0.717) is 6.42 Å². The lowest BCUT2D eigenvalue weighted by atomic mass is 9.94. The van der Waals surface area contributed by atoms with Gasteiger partial charge in [-0.25, -0.2) is 0 Å². The molecule has 2 rings (SSSR count). The molecule has 0 fully saturated rings. The van der Waals surface area contributed by atoms with Gasteiger partial charge in [-0.1, -0.05) is 0 Å². The van der Waals surface area contributed by atoms with Crippen LogP contribution in [0.3, 0.4) is 0 Å². The summed E-state index contributed by atoms with van der Waals surface area (Å²) in [7, 11) is 0. The van der Waals surface area contributed by atoms with Crippen molar-refractivity contribution in [2.24, 2.45) is 5.73 Å². The first-order chi connectivity index (χ1) is 8.58. The summed E-state index contributed by atoms with van der Waals surface area (Å²) in [4.78, 5) is 11.6. The number of nitrogens with one attached hydrogen (secondary N) is 1. The summed E-state index contributed by atoms with van der Waals surface area (Å²) in [6.45, 7) is 4.71. The Balaban J connectivity index is 1.96. The van der Waals surface area contributed by atoms with Gasteiger partial charge in [-0.15, -0.1) is 0 Å². The molecule has 1 heterocycles. The third kappa shape index (κ3) is 2.93. The molecule has 0 spiro atoms. The molecule has 100 valence electrons. The number of hydrogen-bond donors (Lipinski definition) is 2. The second-order valence-electron chi connectivity index (χ2n) is 5.38. The third-order valence-corrected chi connectivity index (χ3v) is 3.47. The number of nitrogens with two attached hydrogens (primary N) is 1. The predicted molar refractivity (Wildman–Crippen MR) is 72.2 cm³/mol. The first-order valence-corrected chi connectivity index (χ1v) is 6.80. The minimum atomic E-state index is 0.118. The Bertz CT molecular complexity index is 423. The number of amides is 1. The Morgan fingerprint density at radius 3 is 3.11 bits per heavy atom. The predicted octanol–water partition coefficient (Wildman–Crippen LogP) is 1.74. The summed E-state index contributed by atoms with van der Waals surface area (Å²) in [6.07, 6.45) is 5.91. The number of carbonyl (C=O) groups is 1. The maximum atomic E-state index is 11.6. The smallest absolute Gasteiger partial charge is 0.221 e. The summed E-state index contributed by atoms with van der Waals surface area (Å²) >= 11 is 0. The molecule has 1 unspecified atom stereocenters. The molecule has 18 heavy (non-hydrogen) atoms. The van der Waals surface area contributed by atoms with Gasteiger partial charge in [-0.05, 0) is 44.7 Å². The molecule has 0 bridgehead atoms. The molecule has 1 atom stereocenters. The number of hydrogen-bond acceptors (Lipinski definition) is 2. The van der Waals surface area contributed by atoms with Gasteiger partial charge in [0.1, 0.15) is 0 Å². The van der Waals surface area contributed by atoms with Crippen molar-refractivity contribution in [1.29, 1.82) is 0 Å². The lowest BCUT2D eigenvalue weighted by Crippen LogP contribution is -2.30. The van der Waals surface area contributed by atoms with Gasteiger partial charge in [0, 0.05) is 36.9 Å². The van der Waals surface area contributed by atoms with E-state index in [0.717, 1.165) is 25.8 Å². The van der Waals surface area contributed by atoms with Crippen LogP contribution in [0.4, 0.5) is 0 Å². The zero-order valence-electron chi connectivity index (χ0n) is 11.3. The number of nitrogens with zero attached hydrogens (tertiary/aromatic N) is 1. The molecule has 0 radical (unpaired) electrons. The van der Waals surface area contributed by atoms with Crippen molar-refractivity contribution in [3.63, 3.8) is 0 Å². The highest BCUT2D eigenvalue weighted by Gasteiger charge is 2.20. The number of rotatable bonds is 4. The zero-order valence-corrected chi connectivity index (χ0v) is 11.3. The highest BCUT2D eigenvalue weighted by Crippen LogP contribution is 2.28. The van der Waals surface area contributed by atoms with E-state index in [4.69, 9.17) is 5.73 Å². The monoisotopic (exact) mass is 249 g/mol. The molecule has 0 saturated heterocycles. The second kappa shape index (κ2) is 5.57. The normalized spacial score (nSPS) is 18.8. The third-order valence-electron chi connectivity index (χ3n) is 3.47. The molecule has 4 heteroatoms. The number of carbonyl (C=O) groups excluding carboxylic acids is 1. The van der Waals surface area contributed by atoms with Gasteiger partial charge in [0.2, 0.25) is 5.91 Å². The van der Waals surface area contributed by atoms with Gasteiger partial charge in [0.05, 0.1) is 0 Å². The summed E-state index contributed by atoms with van der Waals surface area (Å²) in [6, 6.07) is 2.50. The molecule has 3 N–H and O–H groups in total. The minimum Gasteiger partial charge on any atom is -0.354 e. The van der Waals surface area contributed by atoms with E-state index in [-0.39, 0.29) is 18.0 Å². The van der Waals surface area contributed by atoms with E-state index >= 15 is 0 Å². The highest BCUT2D eigenvalue weighted by atomic mass is 16.1. The Morgan fingerprint density at radius 1 is 1.61 bits per heavy atom. The maximum absolute atomic E-state index is 11.6. The van der Waals surface area contributed by atoms with Crippen LogP contribution in [0.2, 0.25) is 0 Å². The van der Waals surface area contributed by atoms with Crippen LogP contribution in [0, 0.1) is 0 Å². The van der Waals surface area contributed by atoms with Crippen molar-refractivity contribution in [3.05, 3.63) is 23.5 Å². The van der Waals surface area contributed by atoms with Crippen molar-refractivity contribution in [1.82, 2.24) is 9.88 Å². The lowest BCUT2D eigenvalue weighted by molar-refractivity contribution is -0.121. The van der Waals surface area contributed by atoms with E-state index in [2.05, 4.69) is 22.1 Å². The van der Waals surface area contributed by atoms with Gasteiger partial charge >= 0.3 is 0 Å². The zero-order chi connectivity index (χ0) is 13.1. The van der Waals surface area contributed by atoms with Crippen LogP contribution in [0.25, 0.3) is 0 Å². The van der Waals surface area contributed by atoms with Gasteiger partial charge in [0.25, 0.3) is 0 Å². The van der Waals surface area contributed by atoms with E-state index < -0.39 is 0 Å². The molecule has 4 nitrogen and oxygen atoms in total. The molecular formula is C14H23N3O. The SMILES string of the molecule is CC(C)NC(=O)CCn1ccc2c1CCCC2N. The fourth-order valence-corrected chi connectivity index (χ4v) is 2.62. The average molecular weight is 249 g/mol. The van der Waals surface area contributed by atoms with Gasteiger partial charge < -0.3 is 15.6 Å². The fraction of sp³-hybridized carbons (Fsp3) is 0.643. The van der Waals surface area contributed by atoms with E-state index in [1.54, 1.807) is 0 Å². The standard InChI is InChI=1S/C14H23N3O/c1-10(2)16-14(18)7-9-17-8-6-11-12(15)4-3-5-13(11)17/h6,8,10,12H,3-5,7,9,15H2,1-2H3,(H,16,18). The molecule has 0 saturated carbocycles. The minimum absolute atomic E-state index is 0.118. The van der Waals surface area contributed by atoms with E-state index in [1.165, 1.54) is 11.3 Å². The molecule has 1 amide bonds. The van der Waals surface area contributed by atoms with Crippen molar-refractivity contribution >= 4 is 5.91 Å². The van der Waals surface area contributed by atoms with Crippen molar-refractivity contribution < 1.29 is 4.79 Å². The Morgan fingerprint density at radius 2 is 2.39 bits per heavy atom. The first kappa shape index (κ1) is 13.1. The average Bonchev–Trinajstić information content (AvgIpc) is 2.70. The van der Waals surface area contributed by atoms with Crippen LogP contribution in [0.1, 0.15) is 50.4 Å². The van der Waals surface area contributed by atoms with Gasteiger partial charge in [0.15, 0.2) is 0 Å². The summed E-state index contributed by atoms with van der Waals surface area (Å²) in [5.41, 5.74) is 8.68. The number of fused-ring (bicyclic) bond motifs is 1. The summed E-state index contributed by atoms with van der Waals surface area (Å²) in [5.74, 6) is 0.118. The number of aryl methyl sites for hydroxylation is 1. The van der Waals surface area contributed by atoms with Crippen molar-refractivity contribution in [2.75, 3.05) is 0 Å². The highest BCUT2D eigenvalue weighted by molar-refractivity contribution is 5.76. The van der Waals surface area contributed by atoms with Gasteiger partial charge in [-0.2, -0.15) is 0 Å². The molecule has 0 aliphatic heterocycles. The molecule has 1 aliphatic carbocycles. The van der Waals surface area contributed by atoms with E-state index in [1.807, 2.05) is 13.8 Å². The van der Waals surface area contributed by atoms with Crippen LogP contribution >= 0.6 is 0 Å². The van der Waals surface area contributed by atoms with Crippen molar-refractivity contribution in [3.8, 4) is 0 Å². The second-order valence-corrected chi connectivity index (χ2v) is 5.38. The first-order valence-electron chi connectivity index (χ1n) is 6.80. The Kier molecular flexibility index (Phi) is 4.07. The van der Waals surface area contributed by atoms with Crippen LogP contribution < -0.4 is 11.1 Å². The van der Waals surface area contributed by atoms with Crippen LogP contribution in [-0.2, 0) is 17.8 Å². The van der Waals surface area contributed by atoms with E-state index in [9.17, 15) is 4.79 Å². The fourth-order valence-electron chi connectivity index (χ4n) is 2.62. The molecule has 1 aliphatic rings. The van der Waals surface area contributed by atoms with Gasteiger partial charge in [-0.3, -0.25) is 4.79 Å². The molecule has 1 aromatic heterocycles. The molecule has 0 aromatic carbocycles. The summed E-state index contributed by atoms with van der Waals surface area (Å²) < 4.78 is 2.19. The molecular weight excluding hydrogens is 226 g/mol. The van der Waals surface area contributed by atoms with Crippen LogP contribution in [-0.4, -0.2) is 16.5 Å². The largest absolute Gasteiger partial charge is 0.354 e.